The Morgan fingerprint density at radius 1 is 0.517 bits per heavy atom. The van der Waals surface area contributed by atoms with Crippen LogP contribution < -0.4 is 53.6 Å². The molecule has 1 aromatic heterocycles. The van der Waals surface area contributed by atoms with Crippen LogP contribution in [0.5, 0.6) is 0 Å². The predicted molar refractivity (Wildman–Crippen MR) is 324 cm³/mol. The van der Waals surface area contributed by atoms with Gasteiger partial charge in [0.05, 0.1) is 25.1 Å². The van der Waals surface area contributed by atoms with Crippen molar-refractivity contribution in [3.8, 4) is 0 Å². The van der Waals surface area contributed by atoms with Crippen molar-refractivity contribution >= 4 is 70.9 Å². The topological polar surface area (TPSA) is 455 Å². The van der Waals surface area contributed by atoms with Gasteiger partial charge in [-0.15, -0.1) is 0 Å². The number of aliphatic carboxylic acids is 1. The smallest absolute Gasteiger partial charge is 0.326 e. The molecule has 0 saturated carbocycles. The summed E-state index contributed by atoms with van der Waals surface area (Å²) in [6.45, 7) is 20.8. The summed E-state index contributed by atoms with van der Waals surface area (Å²) < 4.78 is 0. The number of carboxylic acids is 1. The fourth-order valence-corrected chi connectivity index (χ4v) is 10.5. The number of nitrogens with two attached hydrogens (primary N) is 1. The van der Waals surface area contributed by atoms with Crippen LogP contribution in [-0.2, 0) is 64.0 Å². The zero-order valence-electron chi connectivity index (χ0n) is 53.7. The fraction of sp³-hybridized carbons (Fsp3) is 0.746. The quantitative estimate of drug-likeness (QED) is 0.0329. The Bertz CT molecular complexity index is 2580. The average molecular weight is 1260 g/mol. The van der Waals surface area contributed by atoms with E-state index in [4.69, 9.17) is 5.73 Å². The molecule has 89 heavy (non-hydrogen) atoms. The van der Waals surface area contributed by atoms with Crippen LogP contribution in [0.1, 0.15) is 147 Å². The van der Waals surface area contributed by atoms with Crippen molar-refractivity contribution in [1.82, 2.24) is 67.6 Å². The standard InChI is InChI=1S/C59H100N14O16/c1-28(2)20-37(66-52(81)43-16-15-19-73(43)58(87)42(26-74)69-53(82)44-17-14-18-72(44)57(86)40(23-31(7)8)67-54(83)45(60)34(12)75)49(78)63-33(11)48(77)64-38(21-29(3)4)50(79)65-39(22-30(5)6)51(80)71-47(35(13)76)56(85)70-46(32(9)10)55(84)68-41(59(88)89)24-36-25-61-27-62-36/h25,27-35,37-47,74-76H,14-24,26,60H2,1-13H3,(H,61,62)(H,63,78)(H,64,77)(H,65,79)(H,66,81)(H,67,83)(H,68,84)(H,69,82)(H,70,85)(H,71,80)(H,88,89)/t33-,34+,35+,37-,38-,39-,40-,41-,42-,43-,44-,45-,46-,47-/m0/s1. The zero-order chi connectivity index (χ0) is 67.3. The number of amides is 11. The molecule has 2 saturated heterocycles. The van der Waals surface area contributed by atoms with Crippen LogP contribution >= 0.6 is 0 Å². The van der Waals surface area contributed by atoms with Crippen molar-refractivity contribution in [1.29, 1.82) is 0 Å². The lowest BCUT2D eigenvalue weighted by atomic mass is 9.99. The number of hydrogen-bond donors (Lipinski definition) is 15. The molecule has 2 aliphatic heterocycles. The van der Waals surface area contributed by atoms with E-state index in [-0.39, 0.29) is 81.7 Å². The van der Waals surface area contributed by atoms with Gasteiger partial charge in [-0.3, -0.25) is 52.7 Å². The molecule has 16 N–H and O–H groups in total. The monoisotopic (exact) mass is 1260 g/mol. The van der Waals surface area contributed by atoms with E-state index in [1.54, 1.807) is 55.4 Å². The molecule has 0 radical (unpaired) electrons. The van der Waals surface area contributed by atoms with Gasteiger partial charge < -0.3 is 88.8 Å². The molecule has 11 amide bonds. The number of aromatic amines is 1. The second kappa shape index (κ2) is 35.8. The van der Waals surface area contributed by atoms with Crippen molar-refractivity contribution in [2.75, 3.05) is 19.7 Å². The van der Waals surface area contributed by atoms with Gasteiger partial charge in [-0.25, -0.2) is 9.78 Å². The molecule has 30 heteroatoms. The number of H-pyrrole nitrogens is 1. The van der Waals surface area contributed by atoms with E-state index in [9.17, 15) is 78.0 Å². The molecular formula is C59H100N14O16. The highest BCUT2D eigenvalue weighted by atomic mass is 16.4. The first-order valence-electron chi connectivity index (χ1n) is 30.8. The molecular weight excluding hydrogens is 1160 g/mol. The molecule has 0 bridgehead atoms. The van der Waals surface area contributed by atoms with Crippen LogP contribution in [0.15, 0.2) is 12.5 Å². The SMILES string of the molecule is CC(C)C[C@H](NC(=O)[C@H](C)NC(=O)[C@H](CC(C)C)NC(=O)[C@@H]1CCCN1C(=O)[C@H](CO)NC(=O)[C@@H]1CCCN1C(=O)[C@H](CC(C)C)NC(=O)[C@@H](N)[C@@H](C)O)C(=O)N[C@@H](CC(C)C)C(=O)N[C@H](C(=O)N[C@H](C(=O)N[C@@H](Cc1cnc[nH]1)C(=O)O)C(C)C)[C@@H](C)O. The third-order valence-electron chi connectivity index (χ3n) is 15.3. The number of carboxylic acid groups (broad SMARTS) is 1. The van der Waals surface area contributed by atoms with Gasteiger partial charge in [-0.05, 0) is 102 Å². The van der Waals surface area contributed by atoms with Crippen molar-refractivity contribution in [3.63, 3.8) is 0 Å². The molecule has 3 rings (SSSR count). The van der Waals surface area contributed by atoms with Crippen LogP contribution in [0.4, 0.5) is 0 Å². The minimum Gasteiger partial charge on any atom is -0.480 e. The maximum atomic E-state index is 14.2. The number of aliphatic hydroxyl groups is 3. The fourth-order valence-electron chi connectivity index (χ4n) is 10.5. The minimum atomic E-state index is -1.67. The van der Waals surface area contributed by atoms with Crippen molar-refractivity contribution in [2.24, 2.45) is 35.3 Å². The van der Waals surface area contributed by atoms with Gasteiger partial charge >= 0.3 is 5.97 Å². The van der Waals surface area contributed by atoms with E-state index < -0.39 is 168 Å². The summed E-state index contributed by atoms with van der Waals surface area (Å²) in [6.07, 6.45) is 1.35. The van der Waals surface area contributed by atoms with E-state index in [1.807, 2.05) is 13.8 Å². The molecule has 3 heterocycles. The number of rotatable bonds is 35. The number of aromatic nitrogens is 2. The number of carbonyl (C=O) groups excluding carboxylic acids is 11. The van der Waals surface area contributed by atoms with Gasteiger partial charge in [-0.1, -0.05) is 69.2 Å². The van der Waals surface area contributed by atoms with Crippen LogP contribution in [-0.4, -0.2) is 216 Å². The summed E-state index contributed by atoms with van der Waals surface area (Å²) in [6, 6.07) is -15.7. The zero-order valence-corrected chi connectivity index (χ0v) is 53.7. The Kier molecular flexibility index (Phi) is 30.5. The lowest BCUT2D eigenvalue weighted by Crippen LogP contribution is -2.62. The third kappa shape index (κ3) is 23.5. The molecule has 502 valence electrons. The van der Waals surface area contributed by atoms with Gasteiger partial charge in [0.1, 0.15) is 72.5 Å². The van der Waals surface area contributed by atoms with Gasteiger partial charge in [0, 0.05) is 31.4 Å². The van der Waals surface area contributed by atoms with Crippen LogP contribution in [0, 0.1) is 29.6 Å². The maximum absolute atomic E-state index is 14.2. The number of imidazole rings is 1. The normalized spacial score (nSPS) is 19.1. The van der Waals surface area contributed by atoms with E-state index in [0.717, 1.165) is 0 Å². The number of likely N-dealkylation sites (tertiary alicyclic amines) is 2. The van der Waals surface area contributed by atoms with Gasteiger partial charge in [0.2, 0.25) is 65.0 Å². The van der Waals surface area contributed by atoms with Crippen molar-refractivity contribution in [2.45, 2.75) is 233 Å². The molecule has 0 unspecified atom stereocenters. The molecule has 2 aliphatic rings. The summed E-state index contributed by atoms with van der Waals surface area (Å²) in [7, 11) is 0. The van der Waals surface area contributed by atoms with E-state index in [0.29, 0.717) is 18.5 Å². The minimum absolute atomic E-state index is 0.0225. The van der Waals surface area contributed by atoms with E-state index in [1.165, 1.54) is 43.1 Å². The number of nitrogens with one attached hydrogen (secondary N) is 10. The van der Waals surface area contributed by atoms with Crippen LogP contribution in [0.2, 0.25) is 0 Å². The third-order valence-corrected chi connectivity index (χ3v) is 15.3. The van der Waals surface area contributed by atoms with Crippen LogP contribution in [0.25, 0.3) is 0 Å². The molecule has 1 aromatic rings. The lowest BCUT2D eigenvalue weighted by molar-refractivity contribution is -0.145. The first-order valence-corrected chi connectivity index (χ1v) is 30.8. The molecule has 0 spiro atoms. The highest BCUT2D eigenvalue weighted by Crippen LogP contribution is 2.23. The number of nitrogens with zero attached hydrogens (tertiary/aromatic N) is 3. The van der Waals surface area contributed by atoms with Crippen molar-refractivity contribution < 1.29 is 78.0 Å². The highest BCUT2D eigenvalue weighted by molar-refractivity contribution is 5.99. The number of carbonyl (C=O) groups is 12. The molecule has 0 aromatic carbocycles. The molecule has 0 aliphatic carbocycles. The highest BCUT2D eigenvalue weighted by Gasteiger charge is 2.43. The Morgan fingerprint density at radius 2 is 0.921 bits per heavy atom. The number of aliphatic hydroxyl groups excluding tert-OH is 3. The Balaban J connectivity index is 1.72. The first-order chi connectivity index (χ1) is 41.6. The average Bonchev–Trinajstić information content (AvgIpc) is 4.22. The molecule has 14 atom stereocenters. The summed E-state index contributed by atoms with van der Waals surface area (Å²) in [4.78, 5) is 173. The van der Waals surface area contributed by atoms with E-state index in [2.05, 4.69) is 57.8 Å². The summed E-state index contributed by atoms with van der Waals surface area (Å²) in [5.41, 5.74) is 6.25. The first kappa shape index (κ1) is 75.9. The Hall–Kier alpha value is -7.31. The van der Waals surface area contributed by atoms with Gasteiger partial charge in [0.25, 0.3) is 0 Å². The van der Waals surface area contributed by atoms with Crippen molar-refractivity contribution in [3.05, 3.63) is 18.2 Å². The molecule has 30 nitrogen and oxygen atoms in total. The number of hydrogen-bond acceptors (Lipinski definition) is 17. The lowest BCUT2D eigenvalue weighted by Gasteiger charge is -2.32. The Morgan fingerprint density at radius 3 is 1.36 bits per heavy atom. The van der Waals surface area contributed by atoms with E-state index >= 15 is 0 Å². The summed E-state index contributed by atoms with van der Waals surface area (Å²) >= 11 is 0. The van der Waals surface area contributed by atoms with Gasteiger partial charge in [0.15, 0.2) is 0 Å². The predicted octanol–water partition coefficient (Wildman–Crippen LogP) is -2.68. The molecule has 2 fully saturated rings. The Labute approximate surface area is 520 Å². The second-order valence-electron chi connectivity index (χ2n) is 25.5. The summed E-state index contributed by atoms with van der Waals surface area (Å²) in [5, 5.41) is 64.2. The summed E-state index contributed by atoms with van der Waals surface area (Å²) in [5.74, 6) is -11.3. The maximum Gasteiger partial charge on any atom is 0.326 e. The largest absolute Gasteiger partial charge is 0.480 e. The van der Waals surface area contributed by atoms with Crippen LogP contribution in [0.3, 0.4) is 0 Å². The second-order valence-corrected chi connectivity index (χ2v) is 25.5. The van der Waals surface area contributed by atoms with Gasteiger partial charge in [-0.2, -0.15) is 0 Å².